The van der Waals surface area contributed by atoms with E-state index in [9.17, 15) is 9.59 Å². The zero-order chi connectivity index (χ0) is 15.2. The summed E-state index contributed by atoms with van der Waals surface area (Å²) in [7, 11) is 3.08. The van der Waals surface area contributed by atoms with Gasteiger partial charge < -0.3 is 25.4 Å². The van der Waals surface area contributed by atoms with Gasteiger partial charge in [-0.3, -0.25) is 9.59 Å². The molecule has 1 atom stereocenters. The summed E-state index contributed by atoms with van der Waals surface area (Å²) in [6, 6.07) is 4.60. The van der Waals surface area contributed by atoms with Crippen molar-refractivity contribution in [3.63, 3.8) is 0 Å². The van der Waals surface area contributed by atoms with E-state index in [0.717, 1.165) is 0 Å². The minimum Gasteiger partial charge on any atom is -0.497 e. The average molecular weight is 293 g/mol. The summed E-state index contributed by atoms with van der Waals surface area (Å²) in [4.78, 5) is 23.6. The van der Waals surface area contributed by atoms with Gasteiger partial charge in [0.2, 0.25) is 11.8 Å². The van der Waals surface area contributed by atoms with E-state index in [1.807, 2.05) is 0 Å². The van der Waals surface area contributed by atoms with Crippen molar-refractivity contribution in [2.24, 2.45) is 0 Å². The molecule has 2 rings (SSSR count). The van der Waals surface area contributed by atoms with Gasteiger partial charge in [-0.25, -0.2) is 0 Å². The maximum absolute atomic E-state index is 12.0. The van der Waals surface area contributed by atoms with Crippen molar-refractivity contribution in [3.05, 3.63) is 18.2 Å². The lowest BCUT2D eigenvalue weighted by Gasteiger charge is -2.23. The molecule has 0 unspecified atom stereocenters. The van der Waals surface area contributed by atoms with E-state index in [1.165, 1.54) is 14.2 Å². The van der Waals surface area contributed by atoms with Crippen LogP contribution in [0.5, 0.6) is 11.5 Å². The highest BCUT2D eigenvalue weighted by Gasteiger charge is 2.24. The Morgan fingerprint density at radius 1 is 1.24 bits per heavy atom. The molecular weight excluding hydrogens is 274 g/mol. The fraction of sp³-hybridized carbons (Fsp3) is 0.429. The quantitative estimate of drug-likeness (QED) is 0.717. The number of rotatable bonds is 5. The second-order valence-corrected chi connectivity index (χ2v) is 4.65. The van der Waals surface area contributed by atoms with Crippen molar-refractivity contribution < 1.29 is 19.1 Å². The molecule has 0 spiro atoms. The second-order valence-electron chi connectivity index (χ2n) is 4.65. The molecule has 1 heterocycles. The molecule has 21 heavy (non-hydrogen) atoms. The van der Waals surface area contributed by atoms with Gasteiger partial charge in [0.1, 0.15) is 11.5 Å². The molecule has 3 N–H and O–H groups in total. The first-order chi connectivity index (χ1) is 10.1. The van der Waals surface area contributed by atoms with Crippen molar-refractivity contribution >= 4 is 17.5 Å². The van der Waals surface area contributed by atoms with Crippen molar-refractivity contribution in [3.8, 4) is 11.5 Å². The van der Waals surface area contributed by atoms with Crippen LogP contribution in [0.4, 0.5) is 5.69 Å². The highest BCUT2D eigenvalue weighted by molar-refractivity contribution is 5.95. The molecule has 114 valence electrons. The number of ether oxygens (including phenoxy) is 2. The zero-order valence-corrected chi connectivity index (χ0v) is 12.1. The van der Waals surface area contributed by atoms with Gasteiger partial charge in [-0.15, -0.1) is 0 Å². The number of nitrogens with one attached hydrogen (secondary N) is 3. The van der Waals surface area contributed by atoms with Crippen LogP contribution in [0.15, 0.2) is 18.2 Å². The Morgan fingerprint density at radius 3 is 2.48 bits per heavy atom. The van der Waals surface area contributed by atoms with E-state index in [-0.39, 0.29) is 18.2 Å². The molecule has 1 aromatic rings. The Morgan fingerprint density at radius 2 is 1.90 bits per heavy atom. The number of hydrogen-bond donors (Lipinski definition) is 3. The maximum Gasteiger partial charge on any atom is 0.237 e. The summed E-state index contributed by atoms with van der Waals surface area (Å²) in [5.41, 5.74) is 0.562. The van der Waals surface area contributed by atoms with Gasteiger partial charge in [0.05, 0.1) is 26.7 Å². The summed E-state index contributed by atoms with van der Waals surface area (Å²) in [6.45, 7) is 1.25. The van der Waals surface area contributed by atoms with Crippen LogP contribution in [-0.2, 0) is 9.59 Å². The number of anilines is 1. The van der Waals surface area contributed by atoms with E-state index in [1.54, 1.807) is 18.2 Å². The minimum atomic E-state index is -0.494. The molecule has 0 aliphatic carbocycles. The van der Waals surface area contributed by atoms with Crippen LogP contribution in [-0.4, -0.2) is 45.2 Å². The molecule has 0 aromatic heterocycles. The predicted octanol–water partition coefficient (Wildman–Crippen LogP) is 0.120. The Labute approximate surface area is 123 Å². The van der Waals surface area contributed by atoms with Gasteiger partial charge in [0.15, 0.2) is 0 Å². The van der Waals surface area contributed by atoms with Gasteiger partial charge in [-0.1, -0.05) is 0 Å². The molecule has 1 fully saturated rings. The minimum absolute atomic E-state index is 0.0748. The van der Waals surface area contributed by atoms with Crippen LogP contribution in [0.1, 0.15) is 6.42 Å². The fourth-order valence-electron chi connectivity index (χ4n) is 2.09. The van der Waals surface area contributed by atoms with Crippen molar-refractivity contribution in [1.82, 2.24) is 10.6 Å². The van der Waals surface area contributed by atoms with Crippen LogP contribution < -0.4 is 25.4 Å². The summed E-state index contributed by atoms with van der Waals surface area (Å²) >= 11 is 0. The molecule has 0 bridgehead atoms. The first kappa shape index (κ1) is 15.1. The largest absolute Gasteiger partial charge is 0.497 e. The molecule has 1 saturated heterocycles. The van der Waals surface area contributed by atoms with E-state index >= 15 is 0 Å². The fourth-order valence-corrected chi connectivity index (χ4v) is 2.09. The molecule has 2 amide bonds. The summed E-state index contributed by atoms with van der Waals surface area (Å²) in [5.74, 6) is 0.760. The SMILES string of the molecule is COc1cc(NC(=O)C[C@H]2NCCNC2=O)cc(OC)c1. The highest BCUT2D eigenvalue weighted by atomic mass is 16.5. The van der Waals surface area contributed by atoms with Gasteiger partial charge in [-0.2, -0.15) is 0 Å². The lowest BCUT2D eigenvalue weighted by atomic mass is 10.1. The monoisotopic (exact) mass is 293 g/mol. The number of carbonyl (C=O) groups excluding carboxylic acids is 2. The molecule has 7 nitrogen and oxygen atoms in total. The number of hydrogen-bond acceptors (Lipinski definition) is 5. The third-order valence-corrected chi connectivity index (χ3v) is 3.16. The Hall–Kier alpha value is -2.28. The Balaban J connectivity index is 2.00. The molecule has 1 aromatic carbocycles. The number of benzene rings is 1. The highest BCUT2D eigenvalue weighted by Crippen LogP contribution is 2.25. The van der Waals surface area contributed by atoms with Crippen molar-refractivity contribution in [2.45, 2.75) is 12.5 Å². The van der Waals surface area contributed by atoms with Crippen LogP contribution in [0.3, 0.4) is 0 Å². The first-order valence-corrected chi connectivity index (χ1v) is 6.66. The van der Waals surface area contributed by atoms with Gasteiger partial charge in [-0.05, 0) is 0 Å². The van der Waals surface area contributed by atoms with E-state index < -0.39 is 6.04 Å². The maximum atomic E-state index is 12.0. The summed E-state index contributed by atoms with van der Waals surface area (Å²) in [5, 5.41) is 8.47. The van der Waals surface area contributed by atoms with E-state index in [4.69, 9.17) is 9.47 Å². The molecule has 0 saturated carbocycles. The van der Waals surface area contributed by atoms with Gasteiger partial charge >= 0.3 is 0 Å². The second kappa shape index (κ2) is 6.94. The van der Waals surface area contributed by atoms with Crippen LogP contribution in [0.25, 0.3) is 0 Å². The predicted molar refractivity (Wildman–Crippen MR) is 77.6 cm³/mol. The molecule has 0 radical (unpaired) electrons. The lowest BCUT2D eigenvalue weighted by Crippen LogP contribution is -2.53. The number of methoxy groups -OCH3 is 2. The van der Waals surface area contributed by atoms with Gasteiger partial charge in [0, 0.05) is 37.0 Å². The third kappa shape index (κ3) is 4.09. The molecule has 7 heteroatoms. The third-order valence-electron chi connectivity index (χ3n) is 3.16. The lowest BCUT2D eigenvalue weighted by molar-refractivity contribution is -0.127. The van der Waals surface area contributed by atoms with Crippen LogP contribution >= 0.6 is 0 Å². The summed E-state index contributed by atoms with van der Waals surface area (Å²) in [6.07, 6.45) is 0.0748. The standard InChI is InChI=1S/C14H19N3O4/c1-20-10-5-9(6-11(7-10)21-2)17-13(18)8-12-14(19)16-4-3-15-12/h5-7,12,15H,3-4,8H2,1-2H3,(H,16,19)(H,17,18)/t12-/m1/s1. The van der Waals surface area contributed by atoms with E-state index in [2.05, 4.69) is 16.0 Å². The average Bonchev–Trinajstić information content (AvgIpc) is 2.49. The number of carbonyl (C=O) groups is 2. The normalized spacial score (nSPS) is 17.8. The van der Waals surface area contributed by atoms with Crippen LogP contribution in [0, 0.1) is 0 Å². The Kier molecular flexibility index (Phi) is 4.99. The molecule has 1 aliphatic heterocycles. The molecular formula is C14H19N3O4. The van der Waals surface area contributed by atoms with Crippen molar-refractivity contribution in [2.75, 3.05) is 32.6 Å². The smallest absolute Gasteiger partial charge is 0.237 e. The van der Waals surface area contributed by atoms with Crippen LogP contribution in [0.2, 0.25) is 0 Å². The zero-order valence-electron chi connectivity index (χ0n) is 12.1. The molecule has 1 aliphatic rings. The van der Waals surface area contributed by atoms with Crippen molar-refractivity contribution in [1.29, 1.82) is 0 Å². The number of amides is 2. The summed E-state index contributed by atoms with van der Waals surface area (Å²) < 4.78 is 10.3. The number of piperazine rings is 1. The van der Waals surface area contributed by atoms with Gasteiger partial charge in [0.25, 0.3) is 0 Å². The Bertz CT molecular complexity index is 511. The topological polar surface area (TPSA) is 88.7 Å². The first-order valence-electron chi connectivity index (χ1n) is 6.66. The van der Waals surface area contributed by atoms with E-state index in [0.29, 0.717) is 30.3 Å².